The lowest BCUT2D eigenvalue weighted by Crippen LogP contribution is -2.54. The first kappa shape index (κ1) is 18.3. The van der Waals surface area contributed by atoms with Crippen LogP contribution in [0.15, 0.2) is 30.3 Å². The lowest BCUT2D eigenvalue weighted by atomic mass is 9.90. The minimum atomic E-state index is -1.24. The maximum atomic E-state index is 12.5. The molecule has 1 fully saturated rings. The van der Waals surface area contributed by atoms with E-state index in [0.29, 0.717) is 26.0 Å². The van der Waals surface area contributed by atoms with Gasteiger partial charge in [-0.2, -0.15) is 0 Å². The van der Waals surface area contributed by atoms with E-state index in [4.69, 9.17) is 4.74 Å². The Morgan fingerprint density at radius 1 is 1.36 bits per heavy atom. The van der Waals surface area contributed by atoms with Crippen molar-refractivity contribution in [3.8, 4) is 0 Å². The number of amides is 1. The Morgan fingerprint density at radius 3 is 2.76 bits per heavy atom. The van der Waals surface area contributed by atoms with E-state index < -0.39 is 5.60 Å². The van der Waals surface area contributed by atoms with Gasteiger partial charge in [-0.05, 0) is 30.4 Å². The van der Waals surface area contributed by atoms with E-state index in [-0.39, 0.29) is 5.91 Å². The number of carbonyl (C=O) groups excluding carboxylic acids is 1. The number of nitrogens with zero attached hydrogens (tertiary/aromatic N) is 2. The maximum Gasteiger partial charge on any atom is 0.254 e. The smallest absolute Gasteiger partial charge is 0.254 e. The van der Waals surface area contributed by atoms with Crippen molar-refractivity contribution in [1.29, 1.82) is 0 Å². The van der Waals surface area contributed by atoms with Crippen LogP contribution in [0.25, 0.3) is 10.1 Å². The highest BCUT2D eigenvalue weighted by Gasteiger charge is 2.40. The number of likely N-dealkylation sites (N-methyl/N-ethyl adjacent to an activating group) is 1. The summed E-state index contributed by atoms with van der Waals surface area (Å²) in [6.45, 7) is 3.33. The molecule has 5 nitrogen and oxygen atoms in total. The number of hydrogen-bond acceptors (Lipinski definition) is 5. The van der Waals surface area contributed by atoms with Gasteiger partial charge in [0.25, 0.3) is 5.91 Å². The molecule has 2 heterocycles. The second-order valence-electron chi connectivity index (χ2n) is 6.78. The molecule has 1 aliphatic heterocycles. The molecule has 1 amide bonds. The monoisotopic (exact) mass is 362 g/mol. The summed E-state index contributed by atoms with van der Waals surface area (Å²) in [5.41, 5.74) is -1.24. The Labute approximate surface area is 152 Å². The van der Waals surface area contributed by atoms with Crippen molar-refractivity contribution in [3.05, 3.63) is 35.2 Å². The van der Waals surface area contributed by atoms with E-state index in [0.717, 1.165) is 19.6 Å². The number of benzene rings is 1. The molecule has 6 heteroatoms. The van der Waals surface area contributed by atoms with Crippen LogP contribution < -0.4 is 0 Å². The number of carbonyl (C=O) groups is 1. The molecule has 136 valence electrons. The van der Waals surface area contributed by atoms with Crippen LogP contribution in [0, 0.1) is 0 Å². The van der Waals surface area contributed by atoms with Gasteiger partial charge in [-0.25, -0.2) is 0 Å². The number of aliphatic hydroxyl groups is 1. The largest absolute Gasteiger partial charge is 0.383 e. The molecule has 2 aromatic rings. The molecule has 0 aliphatic carbocycles. The van der Waals surface area contributed by atoms with E-state index in [2.05, 4.69) is 35.2 Å². The quantitative estimate of drug-likeness (QED) is 0.857. The molecule has 1 aromatic carbocycles. The Hall–Kier alpha value is -1.47. The third kappa shape index (κ3) is 4.20. The van der Waals surface area contributed by atoms with Crippen LogP contribution in [-0.4, -0.2) is 66.8 Å². The second kappa shape index (κ2) is 7.83. The van der Waals surface area contributed by atoms with Gasteiger partial charge >= 0.3 is 0 Å². The van der Waals surface area contributed by atoms with Crippen LogP contribution in [-0.2, 0) is 16.1 Å². The summed E-state index contributed by atoms with van der Waals surface area (Å²) in [5.74, 6) is -0.189. The van der Waals surface area contributed by atoms with Crippen molar-refractivity contribution in [3.63, 3.8) is 0 Å². The lowest BCUT2D eigenvalue weighted by molar-refractivity contribution is -0.155. The van der Waals surface area contributed by atoms with E-state index in [1.54, 1.807) is 19.1 Å². The molecule has 0 unspecified atom stereocenters. The minimum Gasteiger partial charge on any atom is -0.383 e. The summed E-state index contributed by atoms with van der Waals surface area (Å²) >= 11 is 1.82. The summed E-state index contributed by atoms with van der Waals surface area (Å²) < 4.78 is 6.32. The Kier molecular flexibility index (Phi) is 5.74. The number of piperidine rings is 1. The zero-order valence-electron chi connectivity index (χ0n) is 14.9. The fraction of sp³-hybridized carbons (Fsp3) is 0.526. The molecule has 1 aromatic heterocycles. The van der Waals surface area contributed by atoms with Crippen molar-refractivity contribution >= 4 is 27.3 Å². The number of methoxy groups -OCH3 is 1. The van der Waals surface area contributed by atoms with Crippen LogP contribution in [0.4, 0.5) is 0 Å². The Morgan fingerprint density at radius 2 is 2.08 bits per heavy atom. The summed E-state index contributed by atoms with van der Waals surface area (Å²) in [5, 5.41) is 12.0. The summed E-state index contributed by atoms with van der Waals surface area (Å²) in [6, 6.07) is 10.6. The van der Waals surface area contributed by atoms with Crippen LogP contribution >= 0.6 is 11.3 Å². The summed E-state index contributed by atoms with van der Waals surface area (Å²) in [7, 11) is 3.34. The van der Waals surface area contributed by atoms with E-state index in [9.17, 15) is 9.90 Å². The number of ether oxygens (including phenoxy) is 1. The average molecular weight is 362 g/mol. The van der Waals surface area contributed by atoms with Gasteiger partial charge in [-0.15, -0.1) is 11.3 Å². The number of rotatable bonds is 6. The normalized spacial score (nSPS) is 17.7. The molecule has 1 N–H and O–H groups in total. The van der Waals surface area contributed by atoms with E-state index in [1.165, 1.54) is 15.0 Å². The molecule has 1 aliphatic rings. The predicted octanol–water partition coefficient (Wildman–Crippen LogP) is 2.33. The molecule has 0 spiro atoms. The van der Waals surface area contributed by atoms with Crippen LogP contribution in [0.3, 0.4) is 0 Å². The van der Waals surface area contributed by atoms with E-state index >= 15 is 0 Å². The summed E-state index contributed by atoms with van der Waals surface area (Å²) in [4.78, 5) is 17.7. The molecule has 3 rings (SSSR count). The van der Waals surface area contributed by atoms with Gasteiger partial charge in [0.1, 0.15) is 5.60 Å². The van der Waals surface area contributed by atoms with Gasteiger partial charge in [0.05, 0.1) is 6.61 Å². The fourth-order valence-electron chi connectivity index (χ4n) is 3.32. The highest BCUT2D eigenvalue weighted by molar-refractivity contribution is 7.19. The Bertz CT molecular complexity index is 689. The van der Waals surface area contributed by atoms with Crippen molar-refractivity contribution in [1.82, 2.24) is 9.80 Å². The number of hydrogen-bond donors (Lipinski definition) is 1. The highest BCUT2D eigenvalue weighted by Crippen LogP contribution is 2.29. The molecule has 0 atom stereocenters. The summed E-state index contributed by atoms with van der Waals surface area (Å²) in [6.07, 6.45) is 0.960. The van der Waals surface area contributed by atoms with Crippen molar-refractivity contribution < 1.29 is 14.6 Å². The van der Waals surface area contributed by atoms with Gasteiger partial charge in [0, 0.05) is 49.9 Å². The Balaban J connectivity index is 1.56. The lowest BCUT2D eigenvalue weighted by Gasteiger charge is -2.38. The molecule has 0 radical (unpaired) electrons. The van der Waals surface area contributed by atoms with Crippen LogP contribution in [0.5, 0.6) is 0 Å². The molecular weight excluding hydrogens is 336 g/mol. The van der Waals surface area contributed by atoms with Gasteiger partial charge in [-0.1, -0.05) is 18.2 Å². The third-order valence-corrected chi connectivity index (χ3v) is 6.02. The van der Waals surface area contributed by atoms with E-state index in [1.807, 2.05) is 11.3 Å². The number of fused-ring (bicyclic) bond motifs is 1. The SMILES string of the molecule is COCCN(C)C(=O)C1(O)CCN(Cc2cc3ccccc3s2)CC1. The van der Waals surface area contributed by atoms with Gasteiger partial charge in [0.15, 0.2) is 0 Å². The molecule has 1 saturated heterocycles. The van der Waals surface area contributed by atoms with Gasteiger partial charge in [-0.3, -0.25) is 9.69 Å². The molecule has 0 saturated carbocycles. The zero-order valence-corrected chi connectivity index (χ0v) is 15.7. The first-order valence-corrected chi connectivity index (χ1v) is 9.50. The first-order chi connectivity index (χ1) is 12.0. The third-order valence-electron chi connectivity index (χ3n) is 4.91. The average Bonchev–Trinajstić information content (AvgIpc) is 3.03. The van der Waals surface area contributed by atoms with Crippen LogP contribution in [0.2, 0.25) is 0 Å². The highest BCUT2D eigenvalue weighted by atomic mass is 32.1. The predicted molar refractivity (Wildman–Crippen MR) is 101 cm³/mol. The second-order valence-corrected chi connectivity index (χ2v) is 7.95. The molecule has 0 bridgehead atoms. The number of thiophene rings is 1. The van der Waals surface area contributed by atoms with Gasteiger partial charge in [0.2, 0.25) is 0 Å². The number of likely N-dealkylation sites (tertiary alicyclic amines) is 1. The minimum absolute atomic E-state index is 0.189. The zero-order chi connectivity index (χ0) is 17.9. The van der Waals surface area contributed by atoms with Crippen molar-refractivity contribution in [2.24, 2.45) is 0 Å². The first-order valence-electron chi connectivity index (χ1n) is 8.68. The van der Waals surface area contributed by atoms with Crippen molar-refractivity contribution in [2.75, 3.05) is 40.4 Å². The van der Waals surface area contributed by atoms with Crippen LogP contribution in [0.1, 0.15) is 17.7 Å². The van der Waals surface area contributed by atoms with Crippen molar-refractivity contribution in [2.45, 2.75) is 25.0 Å². The topological polar surface area (TPSA) is 53.0 Å². The maximum absolute atomic E-state index is 12.5. The standard InChI is InChI=1S/C19H26N2O3S/c1-20(11-12-24-2)18(22)19(23)7-9-21(10-8-19)14-16-13-15-5-3-4-6-17(15)25-16/h3-6,13,23H,7-12,14H2,1-2H3. The molecular formula is C19H26N2O3S. The molecule has 25 heavy (non-hydrogen) atoms. The van der Waals surface area contributed by atoms with Gasteiger partial charge < -0.3 is 14.7 Å². The fourth-order valence-corrected chi connectivity index (χ4v) is 4.42.